The van der Waals surface area contributed by atoms with E-state index in [0.29, 0.717) is 6.10 Å². The zero-order valence-electron chi connectivity index (χ0n) is 15.9. The van der Waals surface area contributed by atoms with Crippen LogP contribution in [0.2, 0.25) is 0 Å². The molecule has 2 aliphatic rings. The van der Waals surface area contributed by atoms with E-state index in [4.69, 9.17) is 10.5 Å². The van der Waals surface area contributed by atoms with Crippen LogP contribution < -0.4 is 5.73 Å². The molecule has 2 fully saturated rings. The van der Waals surface area contributed by atoms with Crippen LogP contribution in [0.25, 0.3) is 0 Å². The van der Waals surface area contributed by atoms with Gasteiger partial charge in [-0.15, -0.1) is 0 Å². The molecule has 0 spiro atoms. The number of likely N-dealkylation sites (tertiary alicyclic amines) is 1. The molecule has 0 aromatic rings. The monoisotopic (exact) mass is 339 g/mol. The number of nitrogens with zero attached hydrogens (tertiary/aromatic N) is 2. The quantitative estimate of drug-likeness (QED) is 0.773. The van der Waals surface area contributed by atoms with Gasteiger partial charge in [-0.2, -0.15) is 0 Å². The standard InChI is InChI=1S/C19H37N3O2/c1-4-21(5-2)14-15-24-16-9-12-22(13-10-16)18(23)17-8-6-7-11-19(17,3)20/h16-17H,4-15,20H2,1-3H3. The number of hydrogen-bond donors (Lipinski definition) is 1. The molecule has 0 aromatic heterocycles. The molecular formula is C19H37N3O2. The van der Waals surface area contributed by atoms with Crippen molar-refractivity contribution in [1.29, 1.82) is 0 Å². The molecule has 2 N–H and O–H groups in total. The minimum atomic E-state index is -0.327. The average Bonchev–Trinajstić information content (AvgIpc) is 2.58. The topological polar surface area (TPSA) is 58.8 Å². The lowest BCUT2D eigenvalue weighted by atomic mass is 9.74. The van der Waals surface area contributed by atoms with Gasteiger partial charge in [-0.3, -0.25) is 4.79 Å². The Morgan fingerprint density at radius 3 is 2.46 bits per heavy atom. The van der Waals surface area contributed by atoms with E-state index in [-0.39, 0.29) is 17.4 Å². The maximum Gasteiger partial charge on any atom is 0.227 e. The Balaban J connectivity index is 1.73. The minimum absolute atomic E-state index is 0.00591. The van der Waals surface area contributed by atoms with Gasteiger partial charge in [-0.05, 0) is 45.7 Å². The number of carbonyl (C=O) groups is 1. The predicted molar refractivity (Wildman–Crippen MR) is 97.9 cm³/mol. The van der Waals surface area contributed by atoms with Crippen molar-refractivity contribution in [1.82, 2.24) is 9.80 Å². The van der Waals surface area contributed by atoms with Crippen LogP contribution in [0, 0.1) is 5.92 Å². The van der Waals surface area contributed by atoms with Gasteiger partial charge in [0, 0.05) is 25.2 Å². The summed E-state index contributed by atoms with van der Waals surface area (Å²) in [4.78, 5) is 17.3. The highest BCUT2D eigenvalue weighted by Gasteiger charge is 2.40. The molecule has 2 unspecified atom stereocenters. The molecule has 0 bridgehead atoms. The average molecular weight is 340 g/mol. The van der Waals surface area contributed by atoms with Crippen molar-refractivity contribution in [3.05, 3.63) is 0 Å². The first kappa shape index (κ1) is 19.7. The number of ether oxygens (including phenoxy) is 1. The molecule has 5 nitrogen and oxygen atoms in total. The van der Waals surface area contributed by atoms with Gasteiger partial charge in [-0.25, -0.2) is 0 Å². The third kappa shape index (κ3) is 5.17. The van der Waals surface area contributed by atoms with Crippen LogP contribution in [0.5, 0.6) is 0 Å². The summed E-state index contributed by atoms with van der Waals surface area (Å²) in [6.45, 7) is 12.0. The van der Waals surface area contributed by atoms with E-state index in [0.717, 1.165) is 77.9 Å². The van der Waals surface area contributed by atoms with E-state index in [2.05, 4.69) is 25.7 Å². The van der Waals surface area contributed by atoms with Gasteiger partial charge >= 0.3 is 0 Å². The lowest BCUT2D eigenvalue weighted by Crippen LogP contribution is -2.55. The first-order chi connectivity index (χ1) is 11.5. The number of nitrogens with two attached hydrogens (primary N) is 1. The fourth-order valence-corrected chi connectivity index (χ4v) is 4.12. The highest BCUT2D eigenvalue weighted by molar-refractivity contribution is 5.80. The summed E-state index contributed by atoms with van der Waals surface area (Å²) < 4.78 is 6.03. The SMILES string of the molecule is CCN(CC)CCOC1CCN(C(=O)C2CCCCC2(C)N)CC1. The summed E-state index contributed by atoms with van der Waals surface area (Å²) >= 11 is 0. The van der Waals surface area contributed by atoms with Crippen molar-refractivity contribution in [2.24, 2.45) is 11.7 Å². The molecular weight excluding hydrogens is 302 g/mol. The van der Waals surface area contributed by atoms with Gasteiger partial charge in [0.25, 0.3) is 0 Å². The van der Waals surface area contributed by atoms with Gasteiger partial charge in [0.1, 0.15) is 0 Å². The van der Waals surface area contributed by atoms with Crippen LogP contribution in [0.4, 0.5) is 0 Å². The Hall–Kier alpha value is -0.650. The third-order valence-electron chi connectivity index (χ3n) is 5.96. The van der Waals surface area contributed by atoms with Gasteiger partial charge in [0.15, 0.2) is 0 Å². The molecule has 1 amide bonds. The van der Waals surface area contributed by atoms with Crippen LogP contribution in [-0.4, -0.2) is 66.7 Å². The molecule has 0 radical (unpaired) electrons. The molecule has 1 saturated carbocycles. The zero-order valence-corrected chi connectivity index (χ0v) is 15.9. The lowest BCUT2D eigenvalue weighted by molar-refractivity contribution is -0.141. The Bertz CT molecular complexity index is 388. The number of piperidine rings is 1. The molecule has 1 aliphatic heterocycles. The largest absolute Gasteiger partial charge is 0.377 e. The van der Waals surface area contributed by atoms with Crippen molar-refractivity contribution in [2.75, 3.05) is 39.3 Å². The molecule has 2 rings (SSSR count). The summed E-state index contributed by atoms with van der Waals surface area (Å²) in [5.41, 5.74) is 6.07. The molecule has 5 heteroatoms. The Labute approximate surface area is 147 Å². The van der Waals surface area contributed by atoms with E-state index >= 15 is 0 Å². The third-order valence-corrected chi connectivity index (χ3v) is 5.96. The van der Waals surface area contributed by atoms with Crippen molar-refractivity contribution in [3.63, 3.8) is 0 Å². The highest BCUT2D eigenvalue weighted by Crippen LogP contribution is 2.33. The van der Waals surface area contributed by atoms with E-state index in [9.17, 15) is 4.79 Å². The Morgan fingerprint density at radius 2 is 1.88 bits per heavy atom. The van der Waals surface area contributed by atoms with Crippen LogP contribution >= 0.6 is 0 Å². The molecule has 2 atom stereocenters. The van der Waals surface area contributed by atoms with Crippen molar-refractivity contribution >= 4 is 5.91 Å². The maximum absolute atomic E-state index is 12.9. The number of hydrogen-bond acceptors (Lipinski definition) is 4. The summed E-state index contributed by atoms with van der Waals surface area (Å²) in [6, 6.07) is 0. The van der Waals surface area contributed by atoms with Gasteiger partial charge in [0.05, 0.1) is 18.6 Å². The second-order valence-electron chi connectivity index (χ2n) is 7.73. The van der Waals surface area contributed by atoms with Crippen LogP contribution in [0.1, 0.15) is 59.3 Å². The van der Waals surface area contributed by atoms with E-state index in [1.54, 1.807) is 0 Å². The van der Waals surface area contributed by atoms with Crippen molar-refractivity contribution in [2.45, 2.75) is 70.9 Å². The highest BCUT2D eigenvalue weighted by atomic mass is 16.5. The van der Waals surface area contributed by atoms with Crippen LogP contribution in [-0.2, 0) is 9.53 Å². The van der Waals surface area contributed by atoms with Gasteiger partial charge in [0.2, 0.25) is 5.91 Å². The molecule has 140 valence electrons. The van der Waals surface area contributed by atoms with Gasteiger partial charge in [-0.1, -0.05) is 26.7 Å². The normalized spacial score (nSPS) is 29.2. The molecule has 1 saturated heterocycles. The van der Waals surface area contributed by atoms with E-state index in [1.807, 2.05) is 4.90 Å². The Morgan fingerprint density at radius 1 is 1.21 bits per heavy atom. The van der Waals surface area contributed by atoms with Crippen LogP contribution in [0.15, 0.2) is 0 Å². The zero-order chi connectivity index (χ0) is 17.6. The summed E-state index contributed by atoms with van der Waals surface area (Å²) in [5.74, 6) is 0.285. The molecule has 24 heavy (non-hydrogen) atoms. The number of likely N-dealkylation sites (N-methyl/N-ethyl adjacent to an activating group) is 1. The fourth-order valence-electron chi connectivity index (χ4n) is 4.12. The van der Waals surface area contributed by atoms with E-state index < -0.39 is 0 Å². The van der Waals surface area contributed by atoms with Crippen molar-refractivity contribution in [3.8, 4) is 0 Å². The fraction of sp³-hybridized carbons (Fsp3) is 0.947. The number of carbonyl (C=O) groups excluding carboxylic acids is 1. The maximum atomic E-state index is 12.9. The molecule has 0 aromatic carbocycles. The first-order valence-corrected chi connectivity index (χ1v) is 9.89. The smallest absolute Gasteiger partial charge is 0.227 e. The number of rotatable bonds is 7. The summed E-state index contributed by atoms with van der Waals surface area (Å²) in [5, 5.41) is 0. The van der Waals surface area contributed by atoms with E-state index in [1.165, 1.54) is 0 Å². The molecule has 1 heterocycles. The van der Waals surface area contributed by atoms with Crippen LogP contribution in [0.3, 0.4) is 0 Å². The number of amides is 1. The second-order valence-corrected chi connectivity index (χ2v) is 7.73. The Kier molecular flexibility index (Phi) is 7.51. The lowest BCUT2D eigenvalue weighted by Gasteiger charge is -2.41. The van der Waals surface area contributed by atoms with Crippen molar-refractivity contribution < 1.29 is 9.53 Å². The summed E-state index contributed by atoms with van der Waals surface area (Å²) in [7, 11) is 0. The minimum Gasteiger partial charge on any atom is -0.377 e. The molecule has 1 aliphatic carbocycles. The second kappa shape index (κ2) is 9.16. The predicted octanol–water partition coefficient (Wildman–Crippen LogP) is 2.24. The van der Waals surface area contributed by atoms with Gasteiger partial charge < -0.3 is 20.3 Å². The summed E-state index contributed by atoms with van der Waals surface area (Å²) in [6.07, 6.45) is 6.42. The first-order valence-electron chi connectivity index (χ1n) is 9.89.